The second kappa shape index (κ2) is 9.45. The number of hydrogen-bond acceptors (Lipinski definition) is 4. The fourth-order valence-corrected chi connectivity index (χ4v) is 3.68. The molecule has 1 heterocycles. The van der Waals surface area contributed by atoms with Gasteiger partial charge in [0.1, 0.15) is 11.3 Å². The van der Waals surface area contributed by atoms with Crippen molar-refractivity contribution >= 4 is 34.3 Å². The Morgan fingerprint density at radius 2 is 2.00 bits per heavy atom. The van der Waals surface area contributed by atoms with Crippen LogP contribution in [-0.4, -0.2) is 17.5 Å². The third kappa shape index (κ3) is 4.94. The number of ether oxygens (including phenoxy) is 1. The fourth-order valence-electron chi connectivity index (χ4n) is 3.46. The number of carbonyl (C=O) groups is 1. The first kappa shape index (κ1) is 21.9. The van der Waals surface area contributed by atoms with E-state index in [4.69, 9.17) is 20.8 Å². The van der Waals surface area contributed by atoms with Crippen molar-refractivity contribution in [2.45, 2.75) is 33.1 Å². The van der Waals surface area contributed by atoms with E-state index < -0.39 is 0 Å². The molecule has 32 heavy (non-hydrogen) atoms. The smallest absolute Gasteiger partial charge is 0.262 e. The highest BCUT2D eigenvalue weighted by molar-refractivity contribution is 6.30. The Kier molecular flexibility index (Phi) is 6.47. The minimum atomic E-state index is -0.257. The van der Waals surface area contributed by atoms with Gasteiger partial charge < -0.3 is 14.5 Å². The van der Waals surface area contributed by atoms with E-state index in [-0.39, 0.29) is 12.5 Å². The highest BCUT2D eigenvalue weighted by atomic mass is 35.5. The lowest BCUT2D eigenvalue weighted by Crippen LogP contribution is -2.20. The number of oxazole rings is 1. The Balaban J connectivity index is 1.46. The fraction of sp³-hybridized carbons (Fsp3) is 0.231. The number of hydrogen-bond donors (Lipinski definition) is 1. The van der Waals surface area contributed by atoms with Crippen LogP contribution in [0.2, 0.25) is 5.02 Å². The highest BCUT2D eigenvalue weighted by Gasteiger charge is 2.12. The average Bonchev–Trinajstić information content (AvgIpc) is 3.21. The summed E-state index contributed by atoms with van der Waals surface area (Å²) in [6.45, 7) is 6.15. The number of fused-ring (bicyclic) bond motifs is 1. The van der Waals surface area contributed by atoms with Crippen LogP contribution in [0, 0.1) is 6.92 Å². The van der Waals surface area contributed by atoms with Crippen LogP contribution >= 0.6 is 11.6 Å². The molecular formula is C26H25ClN2O3. The normalized spacial score (nSPS) is 12.0. The maximum Gasteiger partial charge on any atom is 0.262 e. The molecule has 1 amide bonds. The van der Waals surface area contributed by atoms with E-state index in [9.17, 15) is 4.79 Å². The second-order valence-corrected chi connectivity index (χ2v) is 8.32. The van der Waals surface area contributed by atoms with Gasteiger partial charge in [-0.05, 0) is 78.9 Å². The molecule has 0 radical (unpaired) electrons. The Bertz CT molecular complexity index is 1270. The number of halogens is 1. The Morgan fingerprint density at radius 1 is 1.16 bits per heavy atom. The first-order valence-corrected chi connectivity index (χ1v) is 11.0. The van der Waals surface area contributed by atoms with Gasteiger partial charge >= 0.3 is 0 Å². The van der Waals surface area contributed by atoms with Gasteiger partial charge in [0.05, 0.1) is 0 Å². The minimum Gasteiger partial charge on any atom is -0.483 e. The molecule has 1 aromatic heterocycles. The Labute approximate surface area is 192 Å². The zero-order valence-corrected chi connectivity index (χ0v) is 19.1. The molecule has 3 aromatic carbocycles. The van der Waals surface area contributed by atoms with Crippen LogP contribution in [0.3, 0.4) is 0 Å². The molecule has 6 heteroatoms. The highest BCUT2D eigenvalue weighted by Crippen LogP contribution is 2.29. The van der Waals surface area contributed by atoms with Crippen molar-refractivity contribution in [3.63, 3.8) is 0 Å². The summed E-state index contributed by atoms with van der Waals surface area (Å²) in [6, 6.07) is 18.8. The number of aromatic nitrogens is 1. The molecule has 164 valence electrons. The SMILES string of the molecule is CC[C@H](C)c1ccc2oc(-c3cccc(NC(=O)COc4ccc(Cl)cc4C)c3)nc2c1. The van der Waals surface area contributed by atoms with Gasteiger partial charge in [-0.25, -0.2) is 4.98 Å². The first-order chi connectivity index (χ1) is 15.4. The number of aryl methyl sites for hydroxylation is 1. The van der Waals surface area contributed by atoms with Crippen molar-refractivity contribution in [3.8, 4) is 17.2 Å². The third-order valence-electron chi connectivity index (χ3n) is 5.48. The molecule has 0 aliphatic heterocycles. The molecule has 0 bridgehead atoms. The van der Waals surface area contributed by atoms with Crippen LogP contribution in [0.5, 0.6) is 5.75 Å². The van der Waals surface area contributed by atoms with E-state index in [0.29, 0.717) is 28.3 Å². The summed E-state index contributed by atoms with van der Waals surface area (Å²) >= 11 is 5.96. The maximum absolute atomic E-state index is 12.4. The number of carbonyl (C=O) groups excluding carboxylic acids is 1. The summed E-state index contributed by atoms with van der Waals surface area (Å²) in [5.74, 6) is 1.36. The number of amides is 1. The topological polar surface area (TPSA) is 64.4 Å². The number of nitrogens with zero attached hydrogens (tertiary/aromatic N) is 1. The minimum absolute atomic E-state index is 0.103. The lowest BCUT2D eigenvalue weighted by atomic mass is 9.98. The van der Waals surface area contributed by atoms with E-state index in [2.05, 4.69) is 36.3 Å². The summed E-state index contributed by atoms with van der Waals surface area (Å²) in [4.78, 5) is 17.0. The molecule has 0 unspecified atom stereocenters. The maximum atomic E-state index is 12.4. The van der Waals surface area contributed by atoms with Crippen molar-refractivity contribution in [2.24, 2.45) is 0 Å². The summed E-state index contributed by atoms with van der Waals surface area (Å²) in [5.41, 5.74) is 5.13. The molecule has 0 fully saturated rings. The lowest BCUT2D eigenvalue weighted by molar-refractivity contribution is -0.118. The average molecular weight is 449 g/mol. The van der Waals surface area contributed by atoms with Crippen LogP contribution in [0.4, 0.5) is 5.69 Å². The van der Waals surface area contributed by atoms with Crippen molar-refractivity contribution in [2.75, 3.05) is 11.9 Å². The van der Waals surface area contributed by atoms with Crippen molar-refractivity contribution < 1.29 is 13.9 Å². The van der Waals surface area contributed by atoms with Gasteiger partial charge in [-0.15, -0.1) is 0 Å². The summed E-state index contributed by atoms with van der Waals surface area (Å²) in [7, 11) is 0. The Morgan fingerprint density at radius 3 is 2.78 bits per heavy atom. The van der Waals surface area contributed by atoms with E-state index in [1.165, 1.54) is 5.56 Å². The van der Waals surface area contributed by atoms with E-state index in [0.717, 1.165) is 28.6 Å². The van der Waals surface area contributed by atoms with Crippen molar-refractivity contribution in [3.05, 3.63) is 76.8 Å². The molecule has 1 N–H and O–H groups in total. The van der Waals surface area contributed by atoms with Gasteiger partial charge in [0.15, 0.2) is 12.2 Å². The molecule has 0 aliphatic carbocycles. The monoisotopic (exact) mass is 448 g/mol. The number of anilines is 1. The lowest BCUT2D eigenvalue weighted by Gasteiger charge is -2.10. The van der Waals surface area contributed by atoms with Gasteiger partial charge in [-0.3, -0.25) is 4.79 Å². The summed E-state index contributed by atoms with van der Waals surface area (Å²) in [6.07, 6.45) is 1.07. The van der Waals surface area contributed by atoms with Crippen molar-refractivity contribution in [1.29, 1.82) is 0 Å². The van der Waals surface area contributed by atoms with Crippen LogP contribution in [0.1, 0.15) is 37.3 Å². The standard InChI is InChI=1S/C26H25ClN2O3/c1-4-16(2)18-8-10-24-22(14-18)29-26(32-24)19-6-5-7-21(13-19)28-25(30)15-31-23-11-9-20(27)12-17(23)3/h5-14,16H,4,15H2,1-3H3,(H,28,30)/t16-/m0/s1. The molecule has 4 rings (SSSR count). The van der Waals surface area contributed by atoms with Gasteiger partial charge in [-0.1, -0.05) is 37.6 Å². The predicted molar refractivity (Wildman–Crippen MR) is 128 cm³/mol. The molecule has 0 saturated heterocycles. The molecule has 0 saturated carbocycles. The predicted octanol–water partition coefficient (Wildman–Crippen LogP) is 6.99. The first-order valence-electron chi connectivity index (χ1n) is 10.6. The molecule has 5 nitrogen and oxygen atoms in total. The van der Waals surface area contributed by atoms with Crippen LogP contribution < -0.4 is 10.1 Å². The number of benzene rings is 3. The van der Waals surface area contributed by atoms with Crippen molar-refractivity contribution in [1.82, 2.24) is 4.98 Å². The van der Waals surface area contributed by atoms with Crippen LogP contribution in [0.25, 0.3) is 22.6 Å². The third-order valence-corrected chi connectivity index (χ3v) is 5.72. The molecular weight excluding hydrogens is 424 g/mol. The Hall–Kier alpha value is -3.31. The largest absolute Gasteiger partial charge is 0.483 e. The number of rotatable bonds is 7. The molecule has 4 aromatic rings. The van der Waals surface area contributed by atoms with Gasteiger partial charge in [0, 0.05) is 16.3 Å². The summed E-state index contributed by atoms with van der Waals surface area (Å²) < 4.78 is 11.6. The van der Waals surface area contributed by atoms with E-state index in [1.807, 2.05) is 37.3 Å². The van der Waals surface area contributed by atoms with E-state index >= 15 is 0 Å². The summed E-state index contributed by atoms with van der Waals surface area (Å²) in [5, 5.41) is 3.49. The quantitative estimate of drug-likeness (QED) is 0.331. The zero-order valence-electron chi connectivity index (χ0n) is 18.3. The number of nitrogens with one attached hydrogen (secondary N) is 1. The zero-order chi connectivity index (χ0) is 22.7. The van der Waals surface area contributed by atoms with Gasteiger partial charge in [0.2, 0.25) is 5.89 Å². The van der Waals surface area contributed by atoms with Gasteiger partial charge in [-0.2, -0.15) is 0 Å². The van der Waals surface area contributed by atoms with Gasteiger partial charge in [0.25, 0.3) is 5.91 Å². The van der Waals surface area contributed by atoms with E-state index in [1.54, 1.807) is 18.2 Å². The second-order valence-electron chi connectivity index (χ2n) is 7.88. The molecule has 0 aliphatic rings. The van der Waals surface area contributed by atoms with Crippen LogP contribution in [0.15, 0.2) is 65.1 Å². The van der Waals surface area contributed by atoms with Crippen LogP contribution in [-0.2, 0) is 4.79 Å². The molecule has 1 atom stereocenters. The molecule has 0 spiro atoms.